The van der Waals surface area contributed by atoms with Crippen LogP contribution in [0.3, 0.4) is 0 Å². The molecule has 0 saturated carbocycles. The molecule has 2 rings (SSSR count). The van der Waals surface area contributed by atoms with E-state index in [0.29, 0.717) is 13.1 Å². The van der Waals surface area contributed by atoms with Crippen molar-refractivity contribution < 1.29 is 4.39 Å². The number of guanidine groups is 1. The zero-order valence-electron chi connectivity index (χ0n) is 14.6. The number of hydrogen-bond donors (Lipinski definition) is 1. The Morgan fingerprint density at radius 1 is 1.25 bits per heavy atom. The standard InChI is InChI=1S/C17H24FN5S/c1-5-19-16(20-10-15-12-24-17(21-15)22(2)3)23(4)11-13-6-8-14(18)9-7-13/h6-9,12H,5,10-11H2,1-4H3,(H,19,20). The van der Waals surface area contributed by atoms with Crippen LogP contribution in [0.25, 0.3) is 0 Å². The van der Waals surface area contributed by atoms with Crippen molar-refractivity contribution in [1.82, 2.24) is 15.2 Å². The van der Waals surface area contributed by atoms with Gasteiger partial charge in [-0.25, -0.2) is 14.4 Å². The Morgan fingerprint density at radius 2 is 1.96 bits per heavy atom. The van der Waals surface area contributed by atoms with Crippen molar-refractivity contribution in [3.8, 4) is 0 Å². The Balaban J connectivity index is 2.04. The van der Waals surface area contributed by atoms with Gasteiger partial charge in [-0.15, -0.1) is 11.3 Å². The summed E-state index contributed by atoms with van der Waals surface area (Å²) in [5.41, 5.74) is 1.99. The van der Waals surface area contributed by atoms with E-state index in [2.05, 4.69) is 15.3 Å². The quantitative estimate of drug-likeness (QED) is 0.643. The molecule has 130 valence electrons. The SMILES string of the molecule is CCNC(=NCc1csc(N(C)C)n1)N(C)Cc1ccc(F)cc1. The topological polar surface area (TPSA) is 43.8 Å². The van der Waals surface area contributed by atoms with E-state index in [1.807, 2.05) is 43.2 Å². The fraction of sp³-hybridized carbons (Fsp3) is 0.412. The Kier molecular flexibility index (Phi) is 6.54. The van der Waals surface area contributed by atoms with Crippen LogP contribution in [0.1, 0.15) is 18.2 Å². The first-order valence-electron chi connectivity index (χ1n) is 7.85. The van der Waals surface area contributed by atoms with Crippen LogP contribution >= 0.6 is 11.3 Å². The van der Waals surface area contributed by atoms with E-state index in [-0.39, 0.29) is 5.82 Å². The van der Waals surface area contributed by atoms with Gasteiger partial charge in [0, 0.05) is 39.6 Å². The van der Waals surface area contributed by atoms with Crippen LogP contribution < -0.4 is 10.2 Å². The minimum absolute atomic E-state index is 0.220. The Morgan fingerprint density at radius 3 is 2.54 bits per heavy atom. The number of aliphatic imine (C=N–C) groups is 1. The lowest BCUT2D eigenvalue weighted by molar-refractivity contribution is 0.476. The van der Waals surface area contributed by atoms with E-state index in [4.69, 9.17) is 0 Å². The summed E-state index contributed by atoms with van der Waals surface area (Å²) in [6.45, 7) is 4.01. The monoisotopic (exact) mass is 349 g/mol. The fourth-order valence-electron chi connectivity index (χ4n) is 2.14. The molecule has 0 aliphatic carbocycles. The van der Waals surface area contributed by atoms with Gasteiger partial charge in [-0.05, 0) is 24.6 Å². The van der Waals surface area contributed by atoms with Crippen molar-refractivity contribution in [3.63, 3.8) is 0 Å². The van der Waals surface area contributed by atoms with Gasteiger partial charge in [0.15, 0.2) is 11.1 Å². The molecule has 0 spiro atoms. The highest BCUT2D eigenvalue weighted by molar-refractivity contribution is 7.13. The van der Waals surface area contributed by atoms with E-state index in [0.717, 1.165) is 28.9 Å². The average Bonchev–Trinajstić information content (AvgIpc) is 3.02. The highest BCUT2D eigenvalue weighted by Gasteiger charge is 2.08. The van der Waals surface area contributed by atoms with E-state index in [1.165, 1.54) is 12.1 Å². The minimum atomic E-state index is -0.220. The van der Waals surface area contributed by atoms with Gasteiger partial charge >= 0.3 is 0 Å². The summed E-state index contributed by atoms with van der Waals surface area (Å²) in [6, 6.07) is 6.54. The van der Waals surface area contributed by atoms with Crippen molar-refractivity contribution in [2.45, 2.75) is 20.0 Å². The Bertz CT molecular complexity index is 666. The zero-order chi connectivity index (χ0) is 17.5. The van der Waals surface area contributed by atoms with Crippen LogP contribution in [-0.2, 0) is 13.1 Å². The van der Waals surface area contributed by atoms with Crippen LogP contribution in [0.15, 0.2) is 34.6 Å². The molecule has 0 saturated heterocycles. The first-order chi connectivity index (χ1) is 11.5. The Labute approximate surface area is 146 Å². The van der Waals surface area contributed by atoms with Gasteiger partial charge in [0.05, 0.1) is 12.2 Å². The molecular weight excluding hydrogens is 325 g/mol. The molecule has 24 heavy (non-hydrogen) atoms. The third kappa shape index (κ3) is 5.19. The summed E-state index contributed by atoms with van der Waals surface area (Å²) in [6.07, 6.45) is 0. The molecule has 1 heterocycles. The lowest BCUT2D eigenvalue weighted by Gasteiger charge is -2.22. The second-order valence-corrected chi connectivity index (χ2v) is 6.51. The molecule has 5 nitrogen and oxygen atoms in total. The highest BCUT2D eigenvalue weighted by atomic mass is 32.1. The average molecular weight is 349 g/mol. The summed E-state index contributed by atoms with van der Waals surface area (Å²) in [5.74, 6) is 0.587. The summed E-state index contributed by atoms with van der Waals surface area (Å²) < 4.78 is 13.0. The van der Waals surface area contributed by atoms with Gasteiger partial charge in [-0.3, -0.25) is 0 Å². The van der Waals surface area contributed by atoms with E-state index in [9.17, 15) is 4.39 Å². The molecule has 7 heteroatoms. The van der Waals surface area contributed by atoms with Crippen LogP contribution in [-0.4, -0.2) is 43.5 Å². The largest absolute Gasteiger partial charge is 0.357 e. The summed E-state index contributed by atoms with van der Waals surface area (Å²) in [5, 5.41) is 6.29. The van der Waals surface area contributed by atoms with Gasteiger partial charge in [-0.2, -0.15) is 0 Å². The van der Waals surface area contributed by atoms with Gasteiger partial charge in [0.1, 0.15) is 5.82 Å². The second kappa shape index (κ2) is 8.63. The van der Waals surface area contributed by atoms with Crippen LogP contribution in [0.2, 0.25) is 0 Å². The molecular formula is C17H24FN5S. The number of benzene rings is 1. The number of nitrogens with zero attached hydrogens (tertiary/aromatic N) is 4. The number of nitrogens with one attached hydrogen (secondary N) is 1. The van der Waals surface area contributed by atoms with Gasteiger partial charge < -0.3 is 15.1 Å². The van der Waals surface area contributed by atoms with Gasteiger partial charge in [-0.1, -0.05) is 12.1 Å². The summed E-state index contributed by atoms with van der Waals surface area (Å²) in [4.78, 5) is 13.2. The Hall–Kier alpha value is -2.15. The number of halogens is 1. The summed E-state index contributed by atoms with van der Waals surface area (Å²) >= 11 is 1.61. The van der Waals surface area contributed by atoms with Gasteiger partial charge in [0.2, 0.25) is 0 Å². The second-order valence-electron chi connectivity index (χ2n) is 5.67. The maximum Gasteiger partial charge on any atom is 0.194 e. The number of hydrogen-bond acceptors (Lipinski definition) is 4. The lowest BCUT2D eigenvalue weighted by atomic mass is 10.2. The minimum Gasteiger partial charge on any atom is -0.357 e. The normalized spacial score (nSPS) is 11.5. The third-order valence-corrected chi connectivity index (χ3v) is 4.40. The first-order valence-corrected chi connectivity index (χ1v) is 8.73. The first kappa shape index (κ1) is 18.2. The lowest BCUT2D eigenvalue weighted by Crippen LogP contribution is -2.38. The third-order valence-electron chi connectivity index (χ3n) is 3.34. The molecule has 0 radical (unpaired) electrons. The summed E-state index contributed by atoms with van der Waals surface area (Å²) in [7, 11) is 5.93. The number of aromatic nitrogens is 1. The maximum absolute atomic E-state index is 13.0. The van der Waals surface area contributed by atoms with Crippen LogP contribution in [0, 0.1) is 5.82 Å². The maximum atomic E-state index is 13.0. The predicted octanol–water partition coefficient (Wildman–Crippen LogP) is 2.95. The molecule has 0 unspecified atom stereocenters. The smallest absolute Gasteiger partial charge is 0.194 e. The van der Waals surface area contributed by atoms with Crippen molar-refractivity contribution in [2.24, 2.45) is 4.99 Å². The molecule has 0 fully saturated rings. The molecule has 0 bridgehead atoms. The molecule has 0 aliphatic heterocycles. The fourth-order valence-corrected chi connectivity index (χ4v) is 2.89. The van der Waals surface area contributed by atoms with Crippen molar-refractivity contribution in [3.05, 3.63) is 46.7 Å². The van der Waals surface area contributed by atoms with Gasteiger partial charge in [0.25, 0.3) is 0 Å². The van der Waals surface area contributed by atoms with E-state index in [1.54, 1.807) is 23.5 Å². The predicted molar refractivity (Wildman–Crippen MR) is 99.1 cm³/mol. The van der Waals surface area contributed by atoms with E-state index < -0.39 is 0 Å². The molecule has 1 aromatic heterocycles. The van der Waals surface area contributed by atoms with Crippen molar-refractivity contribution >= 4 is 22.4 Å². The molecule has 0 aliphatic rings. The van der Waals surface area contributed by atoms with Crippen LogP contribution in [0.5, 0.6) is 0 Å². The number of thiazole rings is 1. The van der Waals surface area contributed by atoms with Crippen molar-refractivity contribution in [2.75, 3.05) is 32.6 Å². The molecule has 1 N–H and O–H groups in total. The number of rotatable bonds is 6. The molecule has 1 aromatic carbocycles. The molecule has 0 atom stereocenters. The van der Waals surface area contributed by atoms with Crippen molar-refractivity contribution in [1.29, 1.82) is 0 Å². The number of anilines is 1. The molecule has 2 aromatic rings. The zero-order valence-corrected chi connectivity index (χ0v) is 15.4. The molecule has 0 amide bonds. The highest BCUT2D eigenvalue weighted by Crippen LogP contribution is 2.18. The van der Waals surface area contributed by atoms with E-state index >= 15 is 0 Å². The van der Waals surface area contributed by atoms with Crippen LogP contribution in [0.4, 0.5) is 9.52 Å².